The Morgan fingerprint density at radius 1 is 1.31 bits per heavy atom. The summed E-state index contributed by atoms with van der Waals surface area (Å²) in [7, 11) is 0. The largest absolute Gasteiger partial charge is 0.573 e. The highest BCUT2D eigenvalue weighted by Crippen LogP contribution is 2.49. The minimum atomic E-state index is -4.79. The molecule has 5 nitrogen and oxygen atoms in total. The molecular weight excluding hydrogens is 351 g/mol. The molecule has 1 aliphatic carbocycles. The zero-order valence-corrected chi connectivity index (χ0v) is 14.1. The molecule has 3 rings (SSSR count). The molecule has 0 radical (unpaired) electrons. The molecule has 8 heteroatoms. The lowest BCUT2D eigenvalue weighted by atomic mass is 9.81. The number of likely N-dealkylation sites (tertiary alicyclic amines) is 1. The third kappa shape index (κ3) is 3.64. The average molecular weight is 371 g/mol. The number of rotatable bonds is 5. The minimum absolute atomic E-state index is 0.0145. The molecule has 0 aromatic heterocycles. The number of carboxylic acid groups (broad SMARTS) is 1. The Kier molecular flexibility index (Phi) is 4.86. The second-order valence-electron chi connectivity index (χ2n) is 6.98. The highest BCUT2D eigenvalue weighted by molar-refractivity contribution is 5.81. The van der Waals surface area contributed by atoms with Crippen molar-refractivity contribution in [2.45, 2.75) is 38.5 Å². The molecule has 142 valence electrons. The maximum absolute atomic E-state index is 12.5. The Bertz CT molecular complexity index is 706. The van der Waals surface area contributed by atoms with E-state index in [-0.39, 0.29) is 37.0 Å². The monoisotopic (exact) mass is 371 g/mol. The molecule has 1 heterocycles. The number of ether oxygens (including phenoxy) is 1. The van der Waals surface area contributed by atoms with Crippen molar-refractivity contribution >= 4 is 11.9 Å². The number of nitrogens with zero attached hydrogens (tertiary/aromatic N) is 1. The van der Waals surface area contributed by atoms with E-state index < -0.39 is 17.7 Å². The predicted molar refractivity (Wildman–Crippen MR) is 85.4 cm³/mol. The zero-order valence-electron chi connectivity index (χ0n) is 14.1. The fourth-order valence-corrected chi connectivity index (χ4v) is 4.16. The Morgan fingerprint density at radius 2 is 2.04 bits per heavy atom. The van der Waals surface area contributed by atoms with Crippen LogP contribution in [0.1, 0.15) is 31.2 Å². The van der Waals surface area contributed by atoms with Gasteiger partial charge in [-0.05, 0) is 36.8 Å². The highest BCUT2D eigenvalue weighted by atomic mass is 19.4. The summed E-state index contributed by atoms with van der Waals surface area (Å²) in [5, 5.41) is 9.57. The quantitative estimate of drug-likeness (QED) is 0.863. The van der Waals surface area contributed by atoms with E-state index in [0.29, 0.717) is 18.5 Å². The molecule has 0 unspecified atom stereocenters. The Morgan fingerprint density at radius 3 is 2.69 bits per heavy atom. The van der Waals surface area contributed by atoms with Gasteiger partial charge < -0.3 is 14.7 Å². The molecule has 1 amide bonds. The van der Waals surface area contributed by atoms with Gasteiger partial charge in [-0.1, -0.05) is 24.6 Å². The molecule has 1 aromatic carbocycles. The number of alkyl halides is 3. The van der Waals surface area contributed by atoms with Crippen LogP contribution in [0, 0.1) is 11.3 Å². The van der Waals surface area contributed by atoms with E-state index in [1.54, 1.807) is 11.0 Å². The molecule has 2 atom stereocenters. The van der Waals surface area contributed by atoms with Gasteiger partial charge in [-0.15, -0.1) is 13.2 Å². The number of hydrogen-bond acceptors (Lipinski definition) is 3. The lowest BCUT2D eigenvalue weighted by Crippen LogP contribution is -2.37. The second-order valence-corrected chi connectivity index (χ2v) is 6.98. The van der Waals surface area contributed by atoms with Crippen LogP contribution in [0.15, 0.2) is 24.3 Å². The molecule has 2 aliphatic rings. The van der Waals surface area contributed by atoms with E-state index in [9.17, 15) is 27.9 Å². The Hall–Kier alpha value is -2.25. The van der Waals surface area contributed by atoms with Crippen molar-refractivity contribution in [2.24, 2.45) is 11.3 Å². The van der Waals surface area contributed by atoms with Gasteiger partial charge in [-0.2, -0.15) is 0 Å². The molecule has 0 spiro atoms. The summed E-state index contributed by atoms with van der Waals surface area (Å²) in [5.74, 6) is -1.45. The van der Waals surface area contributed by atoms with Crippen LogP contribution in [-0.4, -0.2) is 41.3 Å². The van der Waals surface area contributed by atoms with E-state index in [0.717, 1.165) is 12.8 Å². The number of aliphatic carboxylic acids is 1. The minimum Gasteiger partial charge on any atom is -0.481 e. The molecule has 1 N–H and O–H groups in total. The normalized spacial score (nSPS) is 25.2. The van der Waals surface area contributed by atoms with Gasteiger partial charge in [-0.25, -0.2) is 0 Å². The summed E-state index contributed by atoms with van der Waals surface area (Å²) in [5.41, 5.74) is -0.557. The standard InChI is InChI=1S/C18H20F3NO4/c19-18(20,21)26-14-6-2-1-4-12(14)7-8-15(23)22-10-13-5-3-9-17(13,11-22)16(24)25/h1-2,4,6,13H,3,5,7-11H2,(H,24,25)/t13-,17+/m0/s1. The SMILES string of the molecule is O=C(CCc1ccccc1OC(F)(F)F)N1C[C@@H]2CCC[C@@]2(C(=O)O)C1. The zero-order chi connectivity index (χ0) is 18.9. The molecule has 1 saturated heterocycles. The molecular formula is C18H20F3NO4. The molecule has 26 heavy (non-hydrogen) atoms. The number of carbonyl (C=O) groups is 2. The van der Waals surface area contributed by atoms with Crippen LogP contribution in [0.2, 0.25) is 0 Å². The predicted octanol–water partition coefficient (Wildman–Crippen LogP) is 3.23. The molecule has 0 bridgehead atoms. The van der Waals surface area contributed by atoms with Crippen molar-refractivity contribution < 1.29 is 32.6 Å². The van der Waals surface area contributed by atoms with Crippen LogP contribution in [0.25, 0.3) is 0 Å². The van der Waals surface area contributed by atoms with Gasteiger partial charge >= 0.3 is 12.3 Å². The second kappa shape index (κ2) is 6.81. The van der Waals surface area contributed by atoms with Crippen molar-refractivity contribution in [3.05, 3.63) is 29.8 Å². The lowest BCUT2D eigenvalue weighted by molar-refractivity contribution is -0.274. The average Bonchev–Trinajstić information content (AvgIpc) is 3.10. The third-order valence-corrected chi connectivity index (χ3v) is 5.46. The van der Waals surface area contributed by atoms with Crippen LogP contribution in [0.4, 0.5) is 13.2 Å². The topological polar surface area (TPSA) is 66.8 Å². The summed E-state index contributed by atoms with van der Waals surface area (Å²) in [6.45, 7) is 0.596. The number of carbonyl (C=O) groups excluding carboxylic acids is 1. The number of benzene rings is 1. The maximum Gasteiger partial charge on any atom is 0.573 e. The van der Waals surface area contributed by atoms with E-state index >= 15 is 0 Å². The van der Waals surface area contributed by atoms with Crippen LogP contribution in [0.3, 0.4) is 0 Å². The Labute approximate surface area is 148 Å². The number of carboxylic acids is 1. The van der Waals surface area contributed by atoms with E-state index in [4.69, 9.17) is 0 Å². The summed E-state index contributed by atoms with van der Waals surface area (Å²) < 4.78 is 41.4. The van der Waals surface area contributed by atoms with Gasteiger partial charge in [0, 0.05) is 19.5 Å². The summed E-state index contributed by atoms with van der Waals surface area (Å²) in [6, 6.07) is 5.73. The van der Waals surface area contributed by atoms with Crippen molar-refractivity contribution in [1.29, 1.82) is 0 Å². The number of amides is 1. The van der Waals surface area contributed by atoms with Gasteiger partial charge in [0.1, 0.15) is 5.75 Å². The smallest absolute Gasteiger partial charge is 0.481 e. The number of halogens is 3. The Balaban J connectivity index is 1.63. The van der Waals surface area contributed by atoms with Crippen LogP contribution in [-0.2, 0) is 16.0 Å². The number of para-hydroxylation sites is 1. The van der Waals surface area contributed by atoms with Crippen molar-refractivity contribution in [3.8, 4) is 5.75 Å². The van der Waals surface area contributed by atoms with Crippen molar-refractivity contribution in [3.63, 3.8) is 0 Å². The fourth-order valence-electron chi connectivity index (χ4n) is 4.16. The van der Waals surface area contributed by atoms with E-state index in [1.807, 2.05) is 0 Å². The third-order valence-electron chi connectivity index (χ3n) is 5.46. The van der Waals surface area contributed by atoms with E-state index in [2.05, 4.69) is 4.74 Å². The molecule has 1 saturated carbocycles. The van der Waals surface area contributed by atoms with Crippen LogP contribution >= 0.6 is 0 Å². The van der Waals surface area contributed by atoms with Crippen LogP contribution in [0.5, 0.6) is 5.75 Å². The maximum atomic E-state index is 12.5. The summed E-state index contributed by atoms with van der Waals surface area (Å²) in [4.78, 5) is 25.7. The first-order valence-corrected chi connectivity index (χ1v) is 8.56. The van der Waals surface area contributed by atoms with Crippen LogP contribution < -0.4 is 4.74 Å². The number of fused-ring (bicyclic) bond motifs is 1. The first-order valence-electron chi connectivity index (χ1n) is 8.56. The fraction of sp³-hybridized carbons (Fsp3) is 0.556. The highest BCUT2D eigenvalue weighted by Gasteiger charge is 2.55. The lowest BCUT2D eigenvalue weighted by Gasteiger charge is -2.23. The molecule has 1 aliphatic heterocycles. The molecule has 2 fully saturated rings. The van der Waals surface area contributed by atoms with Crippen molar-refractivity contribution in [1.82, 2.24) is 4.90 Å². The first kappa shape index (κ1) is 18.5. The van der Waals surface area contributed by atoms with E-state index in [1.165, 1.54) is 18.2 Å². The van der Waals surface area contributed by atoms with Gasteiger partial charge in [0.15, 0.2) is 0 Å². The summed E-state index contributed by atoms with van der Waals surface area (Å²) in [6.07, 6.45) is -2.47. The van der Waals surface area contributed by atoms with Gasteiger partial charge in [0.2, 0.25) is 5.91 Å². The number of aryl methyl sites for hydroxylation is 1. The van der Waals surface area contributed by atoms with Gasteiger partial charge in [0.25, 0.3) is 0 Å². The van der Waals surface area contributed by atoms with Gasteiger partial charge in [0.05, 0.1) is 5.41 Å². The van der Waals surface area contributed by atoms with Gasteiger partial charge in [-0.3, -0.25) is 9.59 Å². The summed E-state index contributed by atoms with van der Waals surface area (Å²) >= 11 is 0. The van der Waals surface area contributed by atoms with Crippen molar-refractivity contribution in [2.75, 3.05) is 13.1 Å². The number of hydrogen-bond donors (Lipinski definition) is 1. The molecule has 1 aromatic rings. The first-order chi connectivity index (χ1) is 12.2.